The van der Waals surface area contributed by atoms with Crippen LogP contribution in [-0.4, -0.2) is 27.1 Å². The summed E-state index contributed by atoms with van der Waals surface area (Å²) in [5.41, 5.74) is 6.78. The van der Waals surface area contributed by atoms with E-state index in [4.69, 9.17) is 5.73 Å². The number of carbonyl (C=O) groups excluding carboxylic acids is 1. The van der Waals surface area contributed by atoms with Crippen molar-refractivity contribution < 1.29 is 4.79 Å². The zero-order valence-electron chi connectivity index (χ0n) is 11.3. The van der Waals surface area contributed by atoms with Crippen molar-refractivity contribution in [3.8, 4) is 0 Å². The van der Waals surface area contributed by atoms with Gasteiger partial charge in [0.1, 0.15) is 12.4 Å². The van der Waals surface area contributed by atoms with Crippen LogP contribution in [0, 0.1) is 0 Å². The molecule has 0 saturated carbocycles. The van der Waals surface area contributed by atoms with Crippen LogP contribution in [0.25, 0.3) is 0 Å². The minimum absolute atomic E-state index is 0.0967. The Labute approximate surface area is 118 Å². The fourth-order valence-corrected chi connectivity index (χ4v) is 2.78. The maximum Gasteiger partial charge on any atom is 0.244 e. The lowest BCUT2D eigenvalue weighted by Crippen LogP contribution is -2.33. The number of nitrogens with zero attached hydrogens (tertiary/aromatic N) is 3. The molecule has 1 aromatic carbocycles. The van der Waals surface area contributed by atoms with Gasteiger partial charge in [-0.2, -0.15) is 5.10 Å². The van der Waals surface area contributed by atoms with Gasteiger partial charge in [-0.3, -0.25) is 9.48 Å². The Kier molecular flexibility index (Phi) is 3.41. The normalized spacial score (nSPS) is 18.4. The predicted octanol–water partition coefficient (Wildman–Crippen LogP) is 1.83. The van der Waals surface area contributed by atoms with E-state index < -0.39 is 0 Å². The molecule has 1 aromatic heterocycles. The van der Waals surface area contributed by atoms with E-state index in [0.29, 0.717) is 5.82 Å². The zero-order valence-corrected chi connectivity index (χ0v) is 11.3. The molecule has 0 aliphatic carbocycles. The molecule has 5 nitrogen and oxygen atoms in total. The number of hydrogen-bond donors (Lipinski definition) is 1. The Morgan fingerprint density at radius 1 is 1.30 bits per heavy atom. The maximum atomic E-state index is 12.4. The van der Waals surface area contributed by atoms with Crippen LogP contribution in [-0.2, 0) is 11.3 Å². The van der Waals surface area contributed by atoms with Crippen molar-refractivity contribution in [1.82, 2.24) is 14.7 Å². The van der Waals surface area contributed by atoms with E-state index in [-0.39, 0.29) is 18.5 Å². The molecule has 1 saturated heterocycles. The van der Waals surface area contributed by atoms with Crippen LogP contribution in [0.4, 0.5) is 5.82 Å². The highest BCUT2D eigenvalue weighted by Gasteiger charge is 2.29. The Hall–Kier alpha value is -2.30. The molecular weight excluding hydrogens is 252 g/mol. The molecule has 1 unspecified atom stereocenters. The van der Waals surface area contributed by atoms with Gasteiger partial charge < -0.3 is 10.6 Å². The summed E-state index contributed by atoms with van der Waals surface area (Å²) >= 11 is 0. The summed E-state index contributed by atoms with van der Waals surface area (Å²) in [6, 6.07) is 12.1. The average molecular weight is 270 g/mol. The van der Waals surface area contributed by atoms with Gasteiger partial charge >= 0.3 is 0 Å². The fraction of sp³-hybridized carbons (Fsp3) is 0.333. The quantitative estimate of drug-likeness (QED) is 0.925. The fourth-order valence-electron chi connectivity index (χ4n) is 2.78. The van der Waals surface area contributed by atoms with Gasteiger partial charge in [-0.15, -0.1) is 0 Å². The van der Waals surface area contributed by atoms with Gasteiger partial charge in [0, 0.05) is 12.7 Å². The Bertz CT molecular complexity index is 593. The molecule has 1 aliphatic rings. The second-order valence-corrected chi connectivity index (χ2v) is 5.09. The Balaban J connectivity index is 1.73. The molecule has 0 radical (unpaired) electrons. The molecule has 2 N–H and O–H groups in total. The second-order valence-electron chi connectivity index (χ2n) is 5.09. The topological polar surface area (TPSA) is 64.2 Å². The summed E-state index contributed by atoms with van der Waals surface area (Å²) in [4.78, 5) is 14.4. The molecule has 5 heteroatoms. The van der Waals surface area contributed by atoms with Crippen molar-refractivity contribution >= 4 is 11.7 Å². The highest BCUT2D eigenvalue weighted by molar-refractivity contribution is 5.76. The van der Waals surface area contributed by atoms with Gasteiger partial charge in [-0.05, 0) is 24.5 Å². The van der Waals surface area contributed by atoms with Crippen LogP contribution >= 0.6 is 0 Å². The number of amides is 1. The van der Waals surface area contributed by atoms with E-state index in [1.807, 2.05) is 23.1 Å². The monoisotopic (exact) mass is 270 g/mol. The largest absolute Gasteiger partial charge is 0.382 e. The number of hydrogen-bond acceptors (Lipinski definition) is 3. The van der Waals surface area contributed by atoms with Gasteiger partial charge in [0.15, 0.2) is 0 Å². The first-order valence-electron chi connectivity index (χ1n) is 6.87. The second kappa shape index (κ2) is 5.36. The van der Waals surface area contributed by atoms with Crippen LogP contribution in [0.5, 0.6) is 0 Å². The molecule has 104 valence electrons. The summed E-state index contributed by atoms with van der Waals surface area (Å²) in [6.45, 7) is 1.07. The van der Waals surface area contributed by atoms with Crippen molar-refractivity contribution in [2.75, 3.05) is 12.3 Å². The molecule has 2 aromatic rings. The first-order valence-corrected chi connectivity index (χ1v) is 6.87. The van der Waals surface area contributed by atoms with Gasteiger partial charge in [0.25, 0.3) is 0 Å². The first kappa shape index (κ1) is 12.7. The van der Waals surface area contributed by atoms with E-state index in [9.17, 15) is 4.79 Å². The summed E-state index contributed by atoms with van der Waals surface area (Å²) in [5, 5.41) is 4.07. The number of rotatable bonds is 3. The third-order valence-electron chi connectivity index (χ3n) is 3.72. The number of nitrogens with two attached hydrogens (primary N) is 1. The molecule has 2 heterocycles. The number of aromatic nitrogens is 2. The van der Waals surface area contributed by atoms with E-state index in [1.165, 1.54) is 5.56 Å². The summed E-state index contributed by atoms with van der Waals surface area (Å²) < 4.78 is 1.60. The molecule has 1 fully saturated rings. The lowest BCUT2D eigenvalue weighted by molar-refractivity contribution is -0.133. The number of anilines is 1. The Morgan fingerprint density at radius 2 is 2.10 bits per heavy atom. The third kappa shape index (κ3) is 2.52. The highest BCUT2D eigenvalue weighted by atomic mass is 16.2. The van der Waals surface area contributed by atoms with Crippen LogP contribution in [0.15, 0.2) is 42.6 Å². The summed E-state index contributed by atoms with van der Waals surface area (Å²) in [7, 11) is 0. The van der Waals surface area contributed by atoms with Crippen LogP contribution in [0.3, 0.4) is 0 Å². The SMILES string of the molecule is Nc1ccn(CC(=O)N2CCCC2c2ccccc2)n1. The summed E-state index contributed by atoms with van der Waals surface area (Å²) in [5.74, 6) is 0.540. The lowest BCUT2D eigenvalue weighted by atomic mass is 10.0. The Morgan fingerprint density at radius 3 is 2.80 bits per heavy atom. The van der Waals surface area contributed by atoms with Gasteiger partial charge in [-0.1, -0.05) is 30.3 Å². The van der Waals surface area contributed by atoms with Crippen molar-refractivity contribution in [3.05, 3.63) is 48.2 Å². The molecular formula is C15H18N4O. The number of benzene rings is 1. The minimum Gasteiger partial charge on any atom is -0.382 e. The van der Waals surface area contributed by atoms with Gasteiger partial charge in [0.05, 0.1) is 6.04 Å². The first-order chi connectivity index (χ1) is 9.74. The molecule has 0 bridgehead atoms. The molecule has 20 heavy (non-hydrogen) atoms. The lowest BCUT2D eigenvalue weighted by Gasteiger charge is -2.25. The minimum atomic E-state index is 0.0967. The number of carbonyl (C=O) groups is 1. The average Bonchev–Trinajstić information content (AvgIpc) is 3.09. The molecule has 1 aliphatic heterocycles. The maximum absolute atomic E-state index is 12.4. The number of likely N-dealkylation sites (tertiary alicyclic amines) is 1. The third-order valence-corrected chi connectivity index (χ3v) is 3.72. The van der Waals surface area contributed by atoms with Crippen LogP contribution < -0.4 is 5.73 Å². The van der Waals surface area contributed by atoms with E-state index in [1.54, 1.807) is 16.9 Å². The molecule has 0 spiro atoms. The van der Waals surface area contributed by atoms with Crippen molar-refractivity contribution in [1.29, 1.82) is 0 Å². The number of nitrogen functional groups attached to an aromatic ring is 1. The van der Waals surface area contributed by atoms with Crippen molar-refractivity contribution in [3.63, 3.8) is 0 Å². The van der Waals surface area contributed by atoms with Crippen LogP contribution in [0.2, 0.25) is 0 Å². The highest BCUT2D eigenvalue weighted by Crippen LogP contribution is 2.31. The van der Waals surface area contributed by atoms with Gasteiger partial charge in [-0.25, -0.2) is 0 Å². The zero-order chi connectivity index (χ0) is 13.9. The van der Waals surface area contributed by atoms with E-state index in [0.717, 1.165) is 19.4 Å². The van der Waals surface area contributed by atoms with Crippen molar-refractivity contribution in [2.24, 2.45) is 0 Å². The molecule has 1 amide bonds. The predicted molar refractivity (Wildman–Crippen MR) is 76.8 cm³/mol. The van der Waals surface area contributed by atoms with Crippen LogP contribution in [0.1, 0.15) is 24.4 Å². The molecule has 1 atom stereocenters. The van der Waals surface area contributed by atoms with Gasteiger partial charge in [0.2, 0.25) is 5.91 Å². The summed E-state index contributed by atoms with van der Waals surface area (Å²) in [6.07, 6.45) is 3.81. The van der Waals surface area contributed by atoms with E-state index >= 15 is 0 Å². The standard InChI is InChI=1S/C15H18N4O/c16-14-8-10-18(17-14)11-15(20)19-9-4-7-13(19)12-5-2-1-3-6-12/h1-3,5-6,8,10,13H,4,7,9,11H2,(H2,16,17). The van der Waals surface area contributed by atoms with Crippen molar-refractivity contribution in [2.45, 2.75) is 25.4 Å². The van der Waals surface area contributed by atoms with E-state index in [2.05, 4.69) is 17.2 Å². The molecule has 3 rings (SSSR count). The smallest absolute Gasteiger partial charge is 0.244 e.